The second kappa shape index (κ2) is 7.55. The molecule has 0 rings (SSSR count). The molecule has 0 aromatic carbocycles. The van der Waals surface area contributed by atoms with Gasteiger partial charge in [0.1, 0.15) is 15.9 Å². The molecule has 1 atom stereocenters. The Hall–Kier alpha value is -1.20. The normalized spacial score (nSPS) is 13.7. The molecular weight excluding hydrogens is 314 g/mol. The zero-order valence-corrected chi connectivity index (χ0v) is 12.7. The summed E-state index contributed by atoms with van der Waals surface area (Å²) in [6.07, 6.45) is 0.302. The fourth-order valence-corrected chi connectivity index (χ4v) is 3.99. The zero-order chi connectivity index (χ0) is 16.0. The van der Waals surface area contributed by atoms with Crippen LogP contribution in [0.2, 0.25) is 0 Å². The average molecular weight is 331 g/mol. The van der Waals surface area contributed by atoms with E-state index in [1.54, 1.807) is 0 Å². The molecule has 0 amide bonds. The summed E-state index contributed by atoms with van der Waals surface area (Å²) in [6.45, 7) is 0. The summed E-state index contributed by atoms with van der Waals surface area (Å²) in [5, 5.41) is 8.85. The summed E-state index contributed by atoms with van der Waals surface area (Å²) in [7, 11) is -6.44. The minimum absolute atomic E-state index is 0.276. The van der Waals surface area contributed by atoms with Crippen molar-refractivity contribution in [2.45, 2.75) is 18.9 Å². The van der Waals surface area contributed by atoms with Crippen LogP contribution in [0.25, 0.3) is 0 Å². The van der Waals surface area contributed by atoms with E-state index in [0.29, 0.717) is 0 Å². The Balaban J connectivity index is 4.65. The molecule has 0 aliphatic carbocycles. The molecule has 9 nitrogen and oxygen atoms in total. The Kier molecular flexibility index (Phi) is 7.09. The predicted molar refractivity (Wildman–Crippen MR) is 69.3 cm³/mol. The maximum Gasteiger partial charge on any atom is 0.321 e. The van der Waals surface area contributed by atoms with Gasteiger partial charge >= 0.3 is 11.9 Å². The Labute approximate surface area is 117 Å². The van der Waals surface area contributed by atoms with Crippen LogP contribution < -0.4 is 4.72 Å². The van der Waals surface area contributed by atoms with Gasteiger partial charge in [0, 0.05) is 12.7 Å². The highest BCUT2D eigenvalue weighted by molar-refractivity contribution is 7.93. The number of hydrogen-bond donors (Lipinski definition) is 2. The molecular formula is C9H17NO8S2. The van der Waals surface area contributed by atoms with E-state index in [-0.39, 0.29) is 12.8 Å². The van der Waals surface area contributed by atoms with Crippen LogP contribution in [0.5, 0.6) is 0 Å². The number of hydrogen-bond acceptors (Lipinski definition) is 7. The maximum atomic E-state index is 11.6. The number of aliphatic carboxylic acids is 1. The van der Waals surface area contributed by atoms with E-state index in [2.05, 4.69) is 4.74 Å². The van der Waals surface area contributed by atoms with Crippen molar-refractivity contribution in [2.24, 2.45) is 0 Å². The van der Waals surface area contributed by atoms with Gasteiger partial charge in [-0.2, -0.15) is 0 Å². The SMILES string of the molecule is COC(=O)CC[C@@H](NS(=O)(=O)CCS(C)(=O)=O)C(=O)O. The van der Waals surface area contributed by atoms with Gasteiger partial charge in [-0.15, -0.1) is 0 Å². The molecule has 0 aromatic rings. The quantitative estimate of drug-likeness (QED) is 0.478. The van der Waals surface area contributed by atoms with E-state index in [1.807, 2.05) is 4.72 Å². The van der Waals surface area contributed by atoms with E-state index in [4.69, 9.17) is 5.11 Å². The molecule has 0 aromatic heterocycles. The third-order valence-corrected chi connectivity index (χ3v) is 4.80. The highest BCUT2D eigenvalue weighted by Gasteiger charge is 2.25. The minimum atomic E-state index is -4.08. The first-order valence-corrected chi connectivity index (χ1v) is 9.15. The number of sulfone groups is 1. The Morgan fingerprint density at radius 1 is 1.20 bits per heavy atom. The van der Waals surface area contributed by atoms with E-state index in [0.717, 1.165) is 13.4 Å². The van der Waals surface area contributed by atoms with Crippen LogP contribution in [-0.4, -0.2) is 64.8 Å². The van der Waals surface area contributed by atoms with Gasteiger partial charge in [-0.05, 0) is 6.42 Å². The second-order valence-electron chi connectivity index (χ2n) is 4.07. The van der Waals surface area contributed by atoms with E-state index < -0.39 is 49.3 Å². The molecule has 2 N–H and O–H groups in total. The summed E-state index contributed by atoms with van der Waals surface area (Å²) < 4.78 is 51.0. The van der Waals surface area contributed by atoms with Crippen molar-refractivity contribution in [3.63, 3.8) is 0 Å². The lowest BCUT2D eigenvalue weighted by Crippen LogP contribution is -2.43. The third-order valence-electron chi connectivity index (χ3n) is 2.21. The molecule has 11 heteroatoms. The van der Waals surface area contributed by atoms with Gasteiger partial charge < -0.3 is 9.84 Å². The number of esters is 1. The zero-order valence-electron chi connectivity index (χ0n) is 11.0. The summed E-state index contributed by atoms with van der Waals surface area (Å²) >= 11 is 0. The van der Waals surface area contributed by atoms with Crippen LogP contribution in [-0.2, 0) is 34.2 Å². The van der Waals surface area contributed by atoms with Gasteiger partial charge in [-0.25, -0.2) is 21.6 Å². The van der Waals surface area contributed by atoms with Gasteiger partial charge in [0.05, 0.1) is 18.6 Å². The topological polar surface area (TPSA) is 144 Å². The molecule has 0 heterocycles. The number of sulfonamides is 1. The van der Waals surface area contributed by atoms with Gasteiger partial charge in [0.2, 0.25) is 10.0 Å². The molecule has 0 saturated carbocycles. The lowest BCUT2D eigenvalue weighted by atomic mass is 10.2. The number of carbonyl (C=O) groups is 2. The maximum absolute atomic E-state index is 11.6. The molecule has 0 aliphatic heterocycles. The molecule has 118 valence electrons. The fourth-order valence-electron chi connectivity index (χ4n) is 1.13. The third kappa shape index (κ3) is 8.82. The molecule has 0 fully saturated rings. The number of methoxy groups -OCH3 is 1. The van der Waals surface area contributed by atoms with Gasteiger partial charge in [0.25, 0.3) is 0 Å². The number of carbonyl (C=O) groups excluding carboxylic acids is 1. The van der Waals surface area contributed by atoms with Crippen LogP contribution in [0.1, 0.15) is 12.8 Å². The summed E-state index contributed by atoms with van der Waals surface area (Å²) in [5.41, 5.74) is 0. The van der Waals surface area contributed by atoms with Crippen molar-refractivity contribution < 1.29 is 36.3 Å². The fraction of sp³-hybridized carbons (Fsp3) is 0.778. The lowest BCUT2D eigenvalue weighted by Gasteiger charge is -2.13. The molecule has 0 spiro atoms. The molecule has 0 unspecified atom stereocenters. The first-order valence-electron chi connectivity index (χ1n) is 5.44. The number of nitrogens with one attached hydrogen (secondary N) is 1. The van der Waals surface area contributed by atoms with Crippen molar-refractivity contribution >= 4 is 31.8 Å². The Morgan fingerprint density at radius 2 is 1.75 bits per heavy atom. The average Bonchev–Trinajstić information content (AvgIpc) is 2.30. The monoisotopic (exact) mass is 331 g/mol. The second-order valence-corrected chi connectivity index (χ2v) is 8.21. The Morgan fingerprint density at radius 3 is 2.15 bits per heavy atom. The summed E-state index contributed by atoms with van der Waals surface area (Å²) in [6, 6.07) is -1.52. The van der Waals surface area contributed by atoms with E-state index >= 15 is 0 Å². The smallest absolute Gasteiger partial charge is 0.321 e. The first kappa shape index (κ1) is 18.8. The highest BCUT2D eigenvalue weighted by atomic mass is 32.2. The molecule has 0 bridgehead atoms. The standard InChI is InChI=1S/C9H17NO8S2/c1-18-8(11)4-3-7(9(12)13)10-20(16,17)6-5-19(2,14)15/h7,10H,3-6H2,1-2H3,(H,12,13)/t7-/m1/s1. The lowest BCUT2D eigenvalue weighted by molar-refractivity contribution is -0.142. The van der Waals surface area contributed by atoms with Crippen LogP contribution in [0.4, 0.5) is 0 Å². The number of ether oxygens (including phenoxy) is 1. The van der Waals surface area contributed by atoms with Crippen LogP contribution in [0.15, 0.2) is 0 Å². The first-order chi connectivity index (χ1) is 8.97. The van der Waals surface area contributed by atoms with Crippen molar-refractivity contribution in [2.75, 3.05) is 24.9 Å². The van der Waals surface area contributed by atoms with Crippen molar-refractivity contribution in [3.8, 4) is 0 Å². The number of rotatable bonds is 9. The number of carboxylic acid groups (broad SMARTS) is 1. The predicted octanol–water partition coefficient (Wildman–Crippen LogP) is -1.64. The summed E-state index contributed by atoms with van der Waals surface area (Å²) in [5.74, 6) is -3.50. The van der Waals surface area contributed by atoms with E-state index in [1.165, 1.54) is 0 Å². The highest BCUT2D eigenvalue weighted by Crippen LogP contribution is 2.02. The largest absolute Gasteiger partial charge is 0.480 e. The minimum Gasteiger partial charge on any atom is -0.480 e. The molecule has 0 aliphatic rings. The number of carboxylic acids is 1. The molecule has 20 heavy (non-hydrogen) atoms. The van der Waals surface area contributed by atoms with Gasteiger partial charge in [-0.1, -0.05) is 0 Å². The molecule has 0 radical (unpaired) electrons. The van der Waals surface area contributed by atoms with Crippen LogP contribution >= 0.6 is 0 Å². The Bertz CT molecular complexity index is 550. The van der Waals surface area contributed by atoms with Crippen LogP contribution in [0.3, 0.4) is 0 Å². The summed E-state index contributed by atoms with van der Waals surface area (Å²) in [4.78, 5) is 21.8. The van der Waals surface area contributed by atoms with Gasteiger partial charge in [-0.3, -0.25) is 9.59 Å². The molecule has 0 saturated heterocycles. The van der Waals surface area contributed by atoms with Crippen molar-refractivity contribution in [1.29, 1.82) is 0 Å². The van der Waals surface area contributed by atoms with Crippen molar-refractivity contribution in [1.82, 2.24) is 4.72 Å². The van der Waals surface area contributed by atoms with Gasteiger partial charge in [0.15, 0.2) is 0 Å². The van der Waals surface area contributed by atoms with Crippen LogP contribution in [0, 0.1) is 0 Å². The van der Waals surface area contributed by atoms with Crippen molar-refractivity contribution in [3.05, 3.63) is 0 Å². The van der Waals surface area contributed by atoms with E-state index in [9.17, 15) is 26.4 Å².